The Hall–Kier alpha value is -2.43. The third-order valence-corrected chi connectivity index (χ3v) is 4.31. The molecule has 1 aromatic heterocycles. The molecule has 0 amide bonds. The quantitative estimate of drug-likeness (QED) is 0.807. The molecule has 1 aliphatic rings. The Morgan fingerprint density at radius 2 is 2.00 bits per heavy atom. The van der Waals surface area contributed by atoms with Gasteiger partial charge in [0.1, 0.15) is 0 Å². The van der Waals surface area contributed by atoms with Gasteiger partial charge in [-0.05, 0) is 50.3 Å². The van der Waals surface area contributed by atoms with E-state index in [1.54, 1.807) is 26.4 Å². The lowest BCUT2D eigenvalue weighted by Gasteiger charge is -2.17. The Bertz CT molecular complexity index is 701. The van der Waals surface area contributed by atoms with Crippen molar-refractivity contribution >= 4 is 5.97 Å². The maximum absolute atomic E-state index is 12.1. The number of aromatic nitrogens is 1. The van der Waals surface area contributed by atoms with E-state index in [2.05, 4.69) is 4.98 Å². The summed E-state index contributed by atoms with van der Waals surface area (Å²) in [4.78, 5) is 15.1. The van der Waals surface area contributed by atoms with Crippen LogP contribution in [0.2, 0.25) is 0 Å². The van der Waals surface area contributed by atoms with Gasteiger partial charge in [-0.2, -0.15) is 0 Å². The zero-order chi connectivity index (χ0) is 16.9. The molecule has 2 aromatic rings. The fraction of sp³-hybridized carbons (Fsp3) is 0.421. The molecule has 128 valence electrons. The van der Waals surface area contributed by atoms with Crippen molar-refractivity contribution in [2.75, 3.05) is 13.7 Å². The van der Waals surface area contributed by atoms with Crippen molar-refractivity contribution in [2.45, 2.75) is 38.7 Å². The van der Waals surface area contributed by atoms with Gasteiger partial charge in [0, 0.05) is 18.0 Å². The molecule has 1 aromatic carbocycles. The summed E-state index contributed by atoms with van der Waals surface area (Å²) in [6, 6.07) is 5.73. The van der Waals surface area contributed by atoms with Crippen molar-refractivity contribution in [3.63, 3.8) is 0 Å². The van der Waals surface area contributed by atoms with Crippen LogP contribution in [0.1, 0.15) is 43.0 Å². The lowest BCUT2D eigenvalue weighted by Crippen LogP contribution is -2.11. The van der Waals surface area contributed by atoms with Crippen molar-refractivity contribution in [3.05, 3.63) is 36.2 Å². The predicted molar refractivity (Wildman–Crippen MR) is 91.6 cm³/mol. The van der Waals surface area contributed by atoms with Gasteiger partial charge in [0.15, 0.2) is 11.5 Å². The van der Waals surface area contributed by atoms with Crippen LogP contribution in [-0.4, -0.2) is 30.8 Å². The summed E-state index contributed by atoms with van der Waals surface area (Å²) in [6.45, 7) is 2.15. The maximum Gasteiger partial charge on any atom is 0.340 e. The molecule has 0 aliphatic heterocycles. The van der Waals surface area contributed by atoms with Crippen LogP contribution in [0.5, 0.6) is 11.5 Å². The van der Waals surface area contributed by atoms with Gasteiger partial charge in [0.25, 0.3) is 0 Å². The lowest BCUT2D eigenvalue weighted by molar-refractivity contribution is 0.0527. The fourth-order valence-electron chi connectivity index (χ4n) is 3.10. The second kappa shape index (κ2) is 7.43. The van der Waals surface area contributed by atoms with Gasteiger partial charge >= 0.3 is 5.97 Å². The van der Waals surface area contributed by atoms with Crippen LogP contribution in [0.3, 0.4) is 0 Å². The second-order valence-corrected chi connectivity index (χ2v) is 5.89. The van der Waals surface area contributed by atoms with E-state index in [1.807, 2.05) is 18.2 Å². The number of hydrogen-bond donors (Lipinski definition) is 1. The molecule has 1 fully saturated rings. The molecule has 1 N–H and O–H groups in total. The Labute approximate surface area is 141 Å². The first-order valence-electron chi connectivity index (χ1n) is 8.42. The number of esters is 1. The molecule has 1 aliphatic carbocycles. The minimum atomic E-state index is -0.331. The summed E-state index contributed by atoms with van der Waals surface area (Å²) in [7, 11) is 1.64. The van der Waals surface area contributed by atoms with E-state index >= 15 is 0 Å². The monoisotopic (exact) mass is 329 g/mol. The summed E-state index contributed by atoms with van der Waals surface area (Å²) < 4.78 is 16.7. The normalized spacial score (nSPS) is 14.6. The largest absolute Gasteiger partial charge is 0.493 e. The van der Waals surface area contributed by atoms with Crippen molar-refractivity contribution in [1.82, 2.24) is 4.98 Å². The minimum Gasteiger partial charge on any atom is -0.493 e. The molecule has 0 bridgehead atoms. The number of benzene rings is 1. The SMILES string of the molecule is CCOC(=O)c1c[nH]cc1-c1ccc(OC)c(OC2CCCC2)c1. The number of aromatic amines is 1. The van der Waals surface area contributed by atoms with Gasteiger partial charge < -0.3 is 19.2 Å². The first kappa shape index (κ1) is 16.4. The van der Waals surface area contributed by atoms with E-state index in [9.17, 15) is 4.79 Å². The molecular formula is C19H23NO4. The van der Waals surface area contributed by atoms with E-state index in [1.165, 1.54) is 12.8 Å². The van der Waals surface area contributed by atoms with Crippen LogP contribution in [0.4, 0.5) is 0 Å². The number of nitrogens with one attached hydrogen (secondary N) is 1. The first-order chi connectivity index (χ1) is 11.7. The number of hydrogen-bond acceptors (Lipinski definition) is 4. The number of rotatable bonds is 6. The minimum absolute atomic E-state index is 0.241. The highest BCUT2D eigenvalue weighted by Gasteiger charge is 2.20. The summed E-state index contributed by atoms with van der Waals surface area (Å²) in [5, 5.41) is 0. The third-order valence-electron chi connectivity index (χ3n) is 4.31. The Morgan fingerprint density at radius 3 is 2.71 bits per heavy atom. The van der Waals surface area contributed by atoms with E-state index in [4.69, 9.17) is 14.2 Å². The molecule has 0 unspecified atom stereocenters. The molecule has 1 saturated carbocycles. The summed E-state index contributed by atoms with van der Waals surface area (Å²) >= 11 is 0. The fourth-order valence-corrected chi connectivity index (χ4v) is 3.10. The molecule has 24 heavy (non-hydrogen) atoms. The zero-order valence-corrected chi connectivity index (χ0v) is 14.1. The van der Waals surface area contributed by atoms with Gasteiger partial charge in [-0.3, -0.25) is 0 Å². The third kappa shape index (κ3) is 3.40. The molecule has 0 spiro atoms. The Kier molecular flexibility index (Phi) is 5.08. The van der Waals surface area contributed by atoms with Gasteiger partial charge in [0.05, 0.1) is 25.4 Å². The molecular weight excluding hydrogens is 306 g/mol. The molecule has 1 heterocycles. The Morgan fingerprint density at radius 1 is 1.21 bits per heavy atom. The van der Waals surface area contributed by atoms with Crippen LogP contribution >= 0.6 is 0 Å². The first-order valence-corrected chi connectivity index (χ1v) is 8.42. The Balaban J connectivity index is 1.91. The molecule has 3 rings (SSSR count). The van der Waals surface area contributed by atoms with Gasteiger partial charge in [-0.25, -0.2) is 4.79 Å². The topological polar surface area (TPSA) is 60.6 Å². The summed E-state index contributed by atoms with van der Waals surface area (Å²) in [6.07, 6.45) is 8.26. The molecule has 0 atom stereocenters. The second-order valence-electron chi connectivity index (χ2n) is 5.89. The molecule has 5 heteroatoms. The van der Waals surface area contributed by atoms with Crippen LogP contribution in [0, 0.1) is 0 Å². The summed E-state index contributed by atoms with van der Waals surface area (Å²) in [5.41, 5.74) is 2.22. The number of H-pyrrole nitrogens is 1. The van der Waals surface area contributed by atoms with E-state index < -0.39 is 0 Å². The van der Waals surface area contributed by atoms with Crippen LogP contribution < -0.4 is 9.47 Å². The van der Waals surface area contributed by atoms with Crippen molar-refractivity contribution in [1.29, 1.82) is 0 Å². The maximum atomic E-state index is 12.1. The van der Waals surface area contributed by atoms with Crippen LogP contribution in [0.25, 0.3) is 11.1 Å². The van der Waals surface area contributed by atoms with E-state index in [-0.39, 0.29) is 12.1 Å². The number of ether oxygens (including phenoxy) is 3. The highest BCUT2D eigenvalue weighted by molar-refractivity contribution is 5.97. The lowest BCUT2D eigenvalue weighted by atomic mass is 10.0. The highest BCUT2D eigenvalue weighted by Crippen LogP contribution is 2.36. The molecule has 5 nitrogen and oxygen atoms in total. The van der Waals surface area contributed by atoms with Gasteiger partial charge in [-0.1, -0.05) is 6.07 Å². The molecule has 0 radical (unpaired) electrons. The highest BCUT2D eigenvalue weighted by atomic mass is 16.5. The number of carbonyl (C=O) groups excluding carboxylic acids is 1. The molecule has 0 saturated heterocycles. The van der Waals surface area contributed by atoms with Crippen LogP contribution in [-0.2, 0) is 4.74 Å². The van der Waals surface area contributed by atoms with Crippen molar-refractivity contribution in [2.24, 2.45) is 0 Å². The average molecular weight is 329 g/mol. The number of methoxy groups -OCH3 is 1. The predicted octanol–water partition coefficient (Wildman–Crippen LogP) is 4.19. The summed E-state index contributed by atoms with van der Waals surface area (Å²) in [5.74, 6) is 1.10. The average Bonchev–Trinajstić information content (AvgIpc) is 3.26. The zero-order valence-electron chi connectivity index (χ0n) is 14.1. The van der Waals surface area contributed by atoms with Gasteiger partial charge in [0.2, 0.25) is 0 Å². The van der Waals surface area contributed by atoms with Gasteiger partial charge in [-0.15, -0.1) is 0 Å². The van der Waals surface area contributed by atoms with E-state index in [0.29, 0.717) is 17.9 Å². The van der Waals surface area contributed by atoms with Crippen LogP contribution in [0.15, 0.2) is 30.6 Å². The van der Waals surface area contributed by atoms with Crippen molar-refractivity contribution in [3.8, 4) is 22.6 Å². The standard InChI is InChI=1S/C19H23NO4/c1-3-23-19(21)16-12-20-11-15(16)13-8-9-17(22-2)18(10-13)24-14-6-4-5-7-14/h8-12,14,20H,3-7H2,1-2H3. The number of carbonyl (C=O) groups is 1. The van der Waals surface area contributed by atoms with Crippen molar-refractivity contribution < 1.29 is 19.0 Å². The van der Waals surface area contributed by atoms with E-state index in [0.717, 1.165) is 29.7 Å². The smallest absolute Gasteiger partial charge is 0.340 e.